The van der Waals surface area contributed by atoms with Crippen molar-refractivity contribution in [2.24, 2.45) is 4.99 Å². The number of nitriles is 1. The average molecular weight is 354 g/mol. The van der Waals surface area contributed by atoms with Crippen LogP contribution in [0.1, 0.15) is 17.4 Å². The van der Waals surface area contributed by atoms with E-state index in [4.69, 9.17) is 5.26 Å². The van der Waals surface area contributed by atoms with E-state index in [-0.39, 0.29) is 6.54 Å². The summed E-state index contributed by atoms with van der Waals surface area (Å²) in [7, 11) is 0. The van der Waals surface area contributed by atoms with E-state index in [9.17, 15) is 18.0 Å². The molecule has 0 bridgehead atoms. The highest BCUT2D eigenvalue weighted by Crippen LogP contribution is 2.29. The SMILES string of the molecule is CC(=O)/N=c1\sc(CNCC#N)cn1-c1ccc(C(F)(F)F)cc1. The van der Waals surface area contributed by atoms with Crippen LogP contribution in [-0.2, 0) is 17.5 Å². The number of nitrogens with zero attached hydrogens (tertiary/aromatic N) is 3. The molecule has 0 saturated heterocycles. The van der Waals surface area contributed by atoms with Gasteiger partial charge in [0.25, 0.3) is 0 Å². The van der Waals surface area contributed by atoms with Crippen LogP contribution < -0.4 is 10.1 Å². The van der Waals surface area contributed by atoms with Crippen molar-refractivity contribution in [1.29, 1.82) is 5.26 Å². The topological polar surface area (TPSA) is 70.2 Å². The Morgan fingerprint density at radius 3 is 2.58 bits per heavy atom. The fraction of sp³-hybridized carbons (Fsp3) is 0.267. The smallest absolute Gasteiger partial charge is 0.299 e. The molecule has 24 heavy (non-hydrogen) atoms. The molecule has 1 heterocycles. The maximum atomic E-state index is 12.6. The summed E-state index contributed by atoms with van der Waals surface area (Å²) >= 11 is 1.22. The van der Waals surface area contributed by atoms with Crippen molar-refractivity contribution in [2.45, 2.75) is 19.6 Å². The number of halogens is 3. The summed E-state index contributed by atoms with van der Waals surface area (Å²) in [6.07, 6.45) is -2.73. The predicted molar refractivity (Wildman–Crippen MR) is 82.2 cm³/mol. The first-order chi connectivity index (χ1) is 11.3. The van der Waals surface area contributed by atoms with E-state index in [0.29, 0.717) is 17.0 Å². The highest BCUT2D eigenvalue weighted by Gasteiger charge is 2.30. The van der Waals surface area contributed by atoms with Crippen molar-refractivity contribution in [3.8, 4) is 11.8 Å². The molecule has 2 aromatic rings. The van der Waals surface area contributed by atoms with Gasteiger partial charge in [0.1, 0.15) is 0 Å². The maximum absolute atomic E-state index is 12.6. The molecule has 1 amide bonds. The Morgan fingerprint density at radius 1 is 1.38 bits per heavy atom. The Morgan fingerprint density at radius 2 is 2.04 bits per heavy atom. The summed E-state index contributed by atoms with van der Waals surface area (Å²) in [5.74, 6) is -0.408. The molecule has 0 saturated carbocycles. The van der Waals surface area contributed by atoms with Crippen molar-refractivity contribution in [3.05, 3.63) is 45.7 Å². The van der Waals surface area contributed by atoms with Crippen LogP contribution in [0, 0.1) is 11.3 Å². The molecule has 0 unspecified atom stereocenters. The third-order valence-corrected chi connectivity index (χ3v) is 3.91. The van der Waals surface area contributed by atoms with Gasteiger partial charge in [0, 0.05) is 30.2 Å². The number of alkyl halides is 3. The normalized spacial score (nSPS) is 12.2. The second-order valence-electron chi connectivity index (χ2n) is 4.79. The van der Waals surface area contributed by atoms with Crippen LogP contribution in [0.5, 0.6) is 0 Å². The molecule has 5 nitrogen and oxygen atoms in total. The number of amides is 1. The molecule has 0 atom stereocenters. The third-order valence-electron chi connectivity index (χ3n) is 2.93. The van der Waals surface area contributed by atoms with E-state index < -0.39 is 17.6 Å². The third kappa shape index (κ3) is 4.53. The minimum absolute atomic E-state index is 0.164. The number of nitrogens with one attached hydrogen (secondary N) is 1. The van der Waals surface area contributed by atoms with E-state index in [2.05, 4.69) is 10.3 Å². The van der Waals surface area contributed by atoms with E-state index in [1.165, 1.54) is 30.4 Å². The molecule has 0 fully saturated rings. The summed E-state index contributed by atoms with van der Waals surface area (Å²) in [5, 5.41) is 11.4. The van der Waals surface area contributed by atoms with Crippen LogP contribution in [-0.4, -0.2) is 17.0 Å². The number of hydrogen-bond acceptors (Lipinski definition) is 4. The van der Waals surface area contributed by atoms with Gasteiger partial charge in [-0.2, -0.15) is 23.4 Å². The van der Waals surface area contributed by atoms with Crippen LogP contribution in [0.15, 0.2) is 35.5 Å². The van der Waals surface area contributed by atoms with E-state index in [1.54, 1.807) is 10.8 Å². The summed E-state index contributed by atoms with van der Waals surface area (Å²) in [6.45, 7) is 1.86. The van der Waals surface area contributed by atoms with Gasteiger partial charge < -0.3 is 0 Å². The first kappa shape index (κ1) is 17.9. The Kier molecular flexibility index (Phi) is 5.54. The first-order valence-electron chi connectivity index (χ1n) is 6.83. The Labute approximate surface area is 139 Å². The van der Waals surface area contributed by atoms with Crippen LogP contribution in [0.4, 0.5) is 13.2 Å². The number of rotatable bonds is 4. The lowest BCUT2D eigenvalue weighted by Gasteiger charge is -2.08. The van der Waals surface area contributed by atoms with Gasteiger partial charge in [-0.05, 0) is 24.3 Å². The van der Waals surface area contributed by atoms with E-state index in [0.717, 1.165) is 17.0 Å². The lowest BCUT2D eigenvalue weighted by Crippen LogP contribution is -2.14. The Hall–Kier alpha value is -2.44. The van der Waals surface area contributed by atoms with Crippen molar-refractivity contribution in [1.82, 2.24) is 9.88 Å². The van der Waals surface area contributed by atoms with Crippen LogP contribution in [0.25, 0.3) is 5.69 Å². The van der Waals surface area contributed by atoms with Crippen LogP contribution >= 0.6 is 11.3 Å². The van der Waals surface area contributed by atoms with Gasteiger partial charge in [-0.15, -0.1) is 0 Å². The summed E-state index contributed by atoms with van der Waals surface area (Å²) in [6, 6.07) is 6.54. The van der Waals surface area contributed by atoms with Crippen LogP contribution in [0.2, 0.25) is 0 Å². The second kappa shape index (κ2) is 7.42. The number of hydrogen-bond donors (Lipinski definition) is 1. The Balaban J connectivity index is 2.41. The largest absolute Gasteiger partial charge is 0.416 e. The molecule has 0 aliphatic heterocycles. The lowest BCUT2D eigenvalue weighted by atomic mass is 10.2. The summed E-state index contributed by atoms with van der Waals surface area (Å²) < 4.78 is 39.5. The highest BCUT2D eigenvalue weighted by atomic mass is 32.1. The van der Waals surface area contributed by atoms with Crippen molar-refractivity contribution in [3.63, 3.8) is 0 Å². The lowest BCUT2D eigenvalue weighted by molar-refractivity contribution is -0.137. The highest BCUT2D eigenvalue weighted by molar-refractivity contribution is 7.09. The molecule has 1 aromatic carbocycles. The minimum atomic E-state index is -4.41. The molecule has 0 radical (unpaired) electrons. The molecule has 9 heteroatoms. The Bertz CT molecular complexity index is 828. The monoisotopic (exact) mass is 354 g/mol. The van der Waals surface area contributed by atoms with Crippen LogP contribution in [0.3, 0.4) is 0 Å². The van der Waals surface area contributed by atoms with Gasteiger partial charge in [0.05, 0.1) is 18.2 Å². The molecule has 0 spiro atoms. The van der Waals surface area contributed by atoms with Gasteiger partial charge in [-0.1, -0.05) is 11.3 Å². The quantitative estimate of drug-likeness (QED) is 0.678. The zero-order chi connectivity index (χ0) is 17.7. The minimum Gasteiger partial charge on any atom is -0.299 e. The van der Waals surface area contributed by atoms with Gasteiger partial charge in [0.2, 0.25) is 5.91 Å². The van der Waals surface area contributed by atoms with Gasteiger partial charge in [-0.25, -0.2) is 0 Å². The zero-order valence-corrected chi connectivity index (χ0v) is 13.4. The molecule has 0 aliphatic rings. The summed E-state index contributed by atoms with van der Waals surface area (Å²) in [5.41, 5.74) is -0.283. The fourth-order valence-electron chi connectivity index (χ4n) is 1.92. The van der Waals surface area contributed by atoms with Gasteiger partial charge >= 0.3 is 6.18 Å². The first-order valence-corrected chi connectivity index (χ1v) is 7.65. The standard InChI is InChI=1S/C15H13F3N4OS/c1-10(23)21-14-22(9-13(24-14)8-20-7-6-19)12-4-2-11(3-5-12)15(16,17)18/h2-5,9,20H,7-8H2,1H3/b21-14-. The molecular weight excluding hydrogens is 341 g/mol. The van der Waals surface area contributed by atoms with Crippen molar-refractivity contribution in [2.75, 3.05) is 6.54 Å². The number of benzene rings is 1. The number of aromatic nitrogens is 1. The molecule has 1 aromatic heterocycles. The van der Waals surface area contributed by atoms with E-state index >= 15 is 0 Å². The molecule has 1 N–H and O–H groups in total. The molecule has 0 aliphatic carbocycles. The molecule has 2 rings (SSSR count). The maximum Gasteiger partial charge on any atom is 0.416 e. The second-order valence-corrected chi connectivity index (χ2v) is 5.88. The predicted octanol–water partition coefficient (Wildman–Crippen LogP) is 2.62. The number of carbonyl (C=O) groups excluding carboxylic acids is 1. The molecular formula is C15H13F3N4OS. The number of thiazole rings is 1. The average Bonchev–Trinajstić information content (AvgIpc) is 2.89. The van der Waals surface area contributed by atoms with Gasteiger partial charge in [0.15, 0.2) is 4.80 Å². The van der Waals surface area contributed by atoms with Crippen molar-refractivity contribution >= 4 is 17.2 Å². The fourth-order valence-corrected chi connectivity index (χ4v) is 2.92. The zero-order valence-electron chi connectivity index (χ0n) is 12.6. The van der Waals surface area contributed by atoms with Crippen molar-refractivity contribution < 1.29 is 18.0 Å². The summed E-state index contributed by atoms with van der Waals surface area (Å²) in [4.78, 5) is 16.3. The van der Waals surface area contributed by atoms with E-state index in [1.807, 2.05) is 6.07 Å². The van der Waals surface area contributed by atoms with Gasteiger partial charge in [-0.3, -0.25) is 14.7 Å². The number of carbonyl (C=O) groups is 1. The molecule has 126 valence electrons.